The van der Waals surface area contributed by atoms with Gasteiger partial charge in [0.05, 0.1) is 4.58 Å². The molecule has 1 fully saturated rings. The lowest BCUT2D eigenvalue weighted by atomic mass is 10.2. The Kier molecular flexibility index (Phi) is 7.28. The lowest BCUT2D eigenvalue weighted by Crippen LogP contribution is -2.31. The van der Waals surface area contributed by atoms with E-state index >= 15 is 0 Å². The molecular weight excluding hydrogens is 394 g/mol. The van der Waals surface area contributed by atoms with Crippen molar-refractivity contribution in [2.24, 2.45) is 0 Å². The van der Waals surface area contributed by atoms with Crippen LogP contribution in [0.3, 0.4) is 0 Å². The first-order valence-corrected chi connectivity index (χ1v) is 11.1. The molecule has 1 N–H and O–H groups in total. The fourth-order valence-electron chi connectivity index (χ4n) is 2.65. The molecule has 2 aromatic rings. The number of anilines is 1. The second-order valence-electron chi connectivity index (χ2n) is 6.39. The van der Waals surface area contributed by atoms with Gasteiger partial charge in [0.15, 0.2) is 12.7 Å². The molecule has 0 unspecified atom stereocenters. The second kappa shape index (κ2) is 9.89. The molecule has 3 rings (SSSR count). The average molecular weight is 418 g/mol. The van der Waals surface area contributed by atoms with E-state index in [2.05, 4.69) is 5.32 Å². The van der Waals surface area contributed by atoms with Crippen molar-refractivity contribution in [1.29, 1.82) is 0 Å². The first-order chi connectivity index (χ1) is 13.5. The summed E-state index contributed by atoms with van der Waals surface area (Å²) in [5.74, 6) is 1.95. The SMILES string of the molecule is Cc1ccc(NC(=O)[C@@H](C)OC(=O)COc2ccccc2C2SCCS2)cc1. The Morgan fingerprint density at radius 3 is 2.50 bits per heavy atom. The number of hydrogen-bond acceptors (Lipinski definition) is 6. The van der Waals surface area contributed by atoms with E-state index < -0.39 is 12.1 Å². The van der Waals surface area contributed by atoms with Crippen molar-refractivity contribution in [2.45, 2.75) is 24.5 Å². The van der Waals surface area contributed by atoms with Crippen LogP contribution in [0.1, 0.15) is 22.6 Å². The number of para-hydroxylation sites is 1. The van der Waals surface area contributed by atoms with Crippen LogP contribution >= 0.6 is 23.5 Å². The van der Waals surface area contributed by atoms with Crippen molar-refractivity contribution in [2.75, 3.05) is 23.4 Å². The summed E-state index contributed by atoms with van der Waals surface area (Å²) in [5.41, 5.74) is 2.84. The third-order valence-electron chi connectivity index (χ3n) is 4.14. The quantitative estimate of drug-likeness (QED) is 0.673. The Balaban J connectivity index is 1.50. The van der Waals surface area contributed by atoms with Gasteiger partial charge in [0.25, 0.3) is 5.91 Å². The van der Waals surface area contributed by atoms with Crippen molar-refractivity contribution in [3.8, 4) is 5.75 Å². The van der Waals surface area contributed by atoms with Gasteiger partial charge in [0.2, 0.25) is 0 Å². The Labute approximate surface area is 173 Å². The summed E-state index contributed by atoms with van der Waals surface area (Å²) in [7, 11) is 0. The predicted octanol–water partition coefficient (Wildman–Crippen LogP) is 4.42. The highest BCUT2D eigenvalue weighted by atomic mass is 32.2. The van der Waals surface area contributed by atoms with Crippen LogP contribution in [-0.2, 0) is 14.3 Å². The molecule has 0 aliphatic carbocycles. The van der Waals surface area contributed by atoms with E-state index in [1.165, 1.54) is 0 Å². The molecule has 148 valence electrons. The Morgan fingerprint density at radius 2 is 1.79 bits per heavy atom. The van der Waals surface area contributed by atoms with Gasteiger partial charge in [-0.1, -0.05) is 35.9 Å². The van der Waals surface area contributed by atoms with Gasteiger partial charge >= 0.3 is 5.97 Å². The second-order valence-corrected chi connectivity index (χ2v) is 9.11. The zero-order chi connectivity index (χ0) is 19.9. The maximum Gasteiger partial charge on any atom is 0.344 e. The molecule has 28 heavy (non-hydrogen) atoms. The Bertz CT molecular complexity index is 819. The van der Waals surface area contributed by atoms with Crippen LogP contribution in [0.4, 0.5) is 5.69 Å². The van der Waals surface area contributed by atoms with Crippen LogP contribution in [0, 0.1) is 6.92 Å². The third kappa shape index (κ3) is 5.69. The Morgan fingerprint density at radius 1 is 1.11 bits per heavy atom. The average Bonchev–Trinajstić information content (AvgIpc) is 3.23. The molecule has 5 nitrogen and oxygen atoms in total. The number of esters is 1. The van der Waals surface area contributed by atoms with Crippen molar-refractivity contribution in [1.82, 2.24) is 0 Å². The lowest BCUT2D eigenvalue weighted by molar-refractivity contribution is -0.155. The van der Waals surface area contributed by atoms with Gasteiger partial charge in [-0.2, -0.15) is 0 Å². The molecule has 0 radical (unpaired) electrons. The smallest absolute Gasteiger partial charge is 0.344 e. The summed E-state index contributed by atoms with van der Waals surface area (Å²) in [6, 6.07) is 15.1. The van der Waals surface area contributed by atoms with Gasteiger partial charge in [-0.05, 0) is 32.0 Å². The number of benzene rings is 2. The number of aryl methyl sites for hydroxylation is 1. The number of hydrogen-bond donors (Lipinski definition) is 1. The minimum Gasteiger partial charge on any atom is -0.482 e. The highest BCUT2D eigenvalue weighted by Gasteiger charge is 2.23. The number of rotatable bonds is 7. The minimum absolute atomic E-state index is 0.235. The van der Waals surface area contributed by atoms with E-state index in [9.17, 15) is 9.59 Å². The topological polar surface area (TPSA) is 64.6 Å². The van der Waals surface area contributed by atoms with Crippen LogP contribution in [0.5, 0.6) is 5.75 Å². The van der Waals surface area contributed by atoms with Crippen molar-refractivity contribution >= 4 is 41.1 Å². The normalized spacial score (nSPS) is 15.1. The standard InChI is InChI=1S/C21H23NO4S2/c1-14-7-9-16(10-8-14)22-20(24)15(2)26-19(23)13-25-18-6-4-3-5-17(18)21-27-11-12-28-21/h3-10,15,21H,11-13H2,1-2H3,(H,22,24)/t15-/m1/s1. The molecule has 7 heteroatoms. The molecule has 1 heterocycles. The predicted molar refractivity (Wildman–Crippen MR) is 115 cm³/mol. The number of carbonyl (C=O) groups is 2. The number of amides is 1. The summed E-state index contributed by atoms with van der Waals surface area (Å²) in [6.07, 6.45) is -0.909. The molecule has 0 saturated carbocycles. The van der Waals surface area contributed by atoms with Gasteiger partial charge in [0.1, 0.15) is 5.75 Å². The largest absolute Gasteiger partial charge is 0.482 e. The van der Waals surface area contributed by atoms with Crippen molar-refractivity contribution < 1.29 is 19.1 Å². The zero-order valence-corrected chi connectivity index (χ0v) is 17.5. The summed E-state index contributed by atoms with van der Waals surface area (Å²) in [5, 5.41) is 2.73. The van der Waals surface area contributed by atoms with Crippen LogP contribution in [0.2, 0.25) is 0 Å². The molecular formula is C21H23NO4S2. The summed E-state index contributed by atoms with van der Waals surface area (Å²) in [6.45, 7) is 3.28. The van der Waals surface area contributed by atoms with Crippen LogP contribution in [-0.4, -0.2) is 36.1 Å². The van der Waals surface area contributed by atoms with Gasteiger partial charge < -0.3 is 14.8 Å². The van der Waals surface area contributed by atoms with E-state index in [0.29, 0.717) is 16.0 Å². The monoisotopic (exact) mass is 417 g/mol. The van der Waals surface area contributed by atoms with Crippen LogP contribution < -0.4 is 10.1 Å². The molecule has 0 aromatic heterocycles. The first kappa shape index (κ1) is 20.6. The molecule has 1 aliphatic heterocycles. The van der Waals surface area contributed by atoms with E-state index in [4.69, 9.17) is 9.47 Å². The van der Waals surface area contributed by atoms with E-state index in [1.54, 1.807) is 19.1 Å². The van der Waals surface area contributed by atoms with E-state index in [1.807, 2.05) is 66.8 Å². The molecule has 1 saturated heterocycles. The van der Waals surface area contributed by atoms with Crippen LogP contribution in [0.15, 0.2) is 48.5 Å². The molecule has 1 atom stereocenters. The Hall–Kier alpha value is -2.12. The third-order valence-corrected chi connectivity index (χ3v) is 7.20. The molecule has 0 bridgehead atoms. The van der Waals surface area contributed by atoms with Gasteiger partial charge in [-0.15, -0.1) is 23.5 Å². The number of thioether (sulfide) groups is 2. The summed E-state index contributed by atoms with van der Waals surface area (Å²) >= 11 is 3.75. The number of carbonyl (C=O) groups excluding carboxylic acids is 2. The minimum atomic E-state index is -0.909. The van der Waals surface area contributed by atoms with E-state index in [0.717, 1.165) is 22.6 Å². The number of ether oxygens (including phenoxy) is 2. The number of nitrogens with one attached hydrogen (secondary N) is 1. The van der Waals surface area contributed by atoms with Crippen molar-refractivity contribution in [3.63, 3.8) is 0 Å². The van der Waals surface area contributed by atoms with Gasteiger partial charge in [0, 0.05) is 22.8 Å². The summed E-state index contributed by atoms with van der Waals surface area (Å²) < 4.78 is 11.2. The molecule has 0 spiro atoms. The highest BCUT2D eigenvalue weighted by Crippen LogP contribution is 2.48. The fourth-order valence-corrected chi connectivity index (χ4v) is 5.56. The maximum atomic E-state index is 12.2. The van der Waals surface area contributed by atoms with Gasteiger partial charge in [-0.25, -0.2) is 4.79 Å². The highest BCUT2D eigenvalue weighted by molar-refractivity contribution is 8.19. The van der Waals surface area contributed by atoms with E-state index in [-0.39, 0.29) is 12.5 Å². The molecule has 1 amide bonds. The fraction of sp³-hybridized carbons (Fsp3) is 0.333. The molecule has 2 aromatic carbocycles. The van der Waals surface area contributed by atoms with Gasteiger partial charge in [-0.3, -0.25) is 4.79 Å². The lowest BCUT2D eigenvalue weighted by Gasteiger charge is -2.16. The van der Waals surface area contributed by atoms with Crippen LogP contribution in [0.25, 0.3) is 0 Å². The first-order valence-electron chi connectivity index (χ1n) is 9.05. The molecule has 1 aliphatic rings. The van der Waals surface area contributed by atoms with Crippen molar-refractivity contribution in [3.05, 3.63) is 59.7 Å². The summed E-state index contributed by atoms with van der Waals surface area (Å²) in [4.78, 5) is 24.3. The maximum absolute atomic E-state index is 12.2. The zero-order valence-electron chi connectivity index (χ0n) is 15.8.